The number of hydroxylamine groups is 1. The van der Waals surface area contributed by atoms with E-state index in [-0.39, 0.29) is 0 Å². The fourth-order valence-corrected chi connectivity index (χ4v) is 2.94. The van der Waals surface area contributed by atoms with E-state index < -0.39 is 6.03 Å². The number of aromatic nitrogens is 2. The van der Waals surface area contributed by atoms with Crippen LogP contribution in [0.4, 0.5) is 10.5 Å². The second-order valence-corrected chi connectivity index (χ2v) is 6.00. The summed E-state index contributed by atoms with van der Waals surface area (Å²) in [6, 6.07) is 18.9. The molecule has 0 aliphatic rings. The summed E-state index contributed by atoms with van der Waals surface area (Å²) in [7, 11) is 0. The van der Waals surface area contributed by atoms with E-state index in [0.29, 0.717) is 12.3 Å². The third-order valence-corrected chi connectivity index (χ3v) is 4.20. The average Bonchev–Trinajstić information content (AvgIpc) is 3.15. The molecule has 2 aromatic carbocycles. The zero-order chi connectivity index (χ0) is 18.5. The molecule has 6 heteroatoms. The number of nitrogens with one attached hydrogen (secondary N) is 3. The van der Waals surface area contributed by atoms with Gasteiger partial charge in [0.25, 0.3) is 0 Å². The topological polar surface area (TPSA) is 79.0 Å². The predicted molar refractivity (Wildman–Crippen MR) is 105 cm³/mol. The van der Waals surface area contributed by atoms with Crippen molar-refractivity contribution < 1.29 is 9.63 Å². The van der Waals surface area contributed by atoms with Crippen LogP contribution in [0.15, 0.2) is 79.3 Å². The van der Waals surface area contributed by atoms with Crippen molar-refractivity contribution in [2.45, 2.75) is 6.61 Å². The summed E-state index contributed by atoms with van der Waals surface area (Å²) in [5.41, 5.74) is 7.02. The monoisotopic (exact) mass is 358 g/mol. The van der Waals surface area contributed by atoms with Gasteiger partial charge in [-0.25, -0.2) is 10.3 Å². The molecule has 0 radical (unpaired) electrons. The van der Waals surface area contributed by atoms with E-state index in [9.17, 15) is 4.79 Å². The number of anilines is 1. The molecule has 0 aliphatic heterocycles. The minimum atomic E-state index is -0.432. The molecule has 0 atom stereocenters. The highest BCUT2D eigenvalue weighted by atomic mass is 16.7. The zero-order valence-corrected chi connectivity index (χ0v) is 14.5. The van der Waals surface area contributed by atoms with E-state index in [1.54, 1.807) is 12.4 Å². The van der Waals surface area contributed by atoms with Gasteiger partial charge in [-0.1, -0.05) is 42.5 Å². The molecule has 0 spiro atoms. The number of fused-ring (bicyclic) bond motifs is 1. The number of benzene rings is 2. The maximum absolute atomic E-state index is 12.2. The molecule has 0 fully saturated rings. The molecule has 0 bridgehead atoms. The Labute approximate surface area is 156 Å². The number of rotatable bonds is 5. The third kappa shape index (κ3) is 3.80. The molecule has 2 amide bonds. The highest BCUT2D eigenvalue weighted by Gasteiger charge is 2.11. The number of aromatic amines is 1. The van der Waals surface area contributed by atoms with Gasteiger partial charge in [-0.2, -0.15) is 0 Å². The number of urea groups is 1. The average molecular weight is 358 g/mol. The predicted octanol–water partition coefficient (Wildman–Crippen LogP) is 4.48. The number of para-hydroxylation sites is 1. The van der Waals surface area contributed by atoms with Gasteiger partial charge in [-0.05, 0) is 29.3 Å². The minimum Gasteiger partial charge on any atom is -0.359 e. The smallest absolute Gasteiger partial charge is 0.343 e. The maximum atomic E-state index is 12.2. The van der Waals surface area contributed by atoms with Crippen LogP contribution in [0.1, 0.15) is 5.56 Å². The molecule has 134 valence electrons. The van der Waals surface area contributed by atoms with Crippen LogP contribution in [0, 0.1) is 0 Å². The number of carbonyl (C=O) groups excluding carboxylic acids is 1. The molecule has 6 nitrogen and oxygen atoms in total. The van der Waals surface area contributed by atoms with Crippen molar-refractivity contribution in [1.82, 2.24) is 15.4 Å². The summed E-state index contributed by atoms with van der Waals surface area (Å²) in [5.74, 6) is 0. The standard InChI is InChI=1S/C21H18N4O2/c26-21(25-27-14-15-5-2-1-3-6-15)24-19-8-4-7-17-18(13-23-20(17)19)16-9-11-22-12-10-16/h1-13,23H,14H2,(H2,24,25,26). The first-order valence-electron chi connectivity index (χ1n) is 8.54. The first-order valence-corrected chi connectivity index (χ1v) is 8.54. The Bertz CT molecular complexity index is 1050. The van der Waals surface area contributed by atoms with Gasteiger partial charge in [0.15, 0.2) is 0 Å². The molecule has 0 aliphatic carbocycles. The number of amides is 2. The van der Waals surface area contributed by atoms with Crippen LogP contribution in [0.3, 0.4) is 0 Å². The Morgan fingerprint density at radius 1 is 1.00 bits per heavy atom. The Balaban J connectivity index is 1.46. The second kappa shape index (κ2) is 7.72. The van der Waals surface area contributed by atoms with E-state index >= 15 is 0 Å². The highest BCUT2D eigenvalue weighted by molar-refractivity contribution is 6.05. The lowest BCUT2D eigenvalue weighted by molar-refractivity contribution is 0.0536. The maximum Gasteiger partial charge on any atom is 0.343 e. The van der Waals surface area contributed by atoms with Gasteiger partial charge in [0, 0.05) is 29.5 Å². The third-order valence-electron chi connectivity index (χ3n) is 4.20. The largest absolute Gasteiger partial charge is 0.359 e. The molecule has 2 aromatic heterocycles. The molecule has 4 rings (SSSR count). The van der Waals surface area contributed by atoms with Crippen LogP contribution in [-0.2, 0) is 11.4 Å². The van der Waals surface area contributed by atoms with Gasteiger partial charge >= 0.3 is 6.03 Å². The van der Waals surface area contributed by atoms with Gasteiger partial charge < -0.3 is 10.3 Å². The summed E-state index contributed by atoms with van der Waals surface area (Å²) in [6.07, 6.45) is 5.44. The lowest BCUT2D eigenvalue weighted by Crippen LogP contribution is -2.28. The van der Waals surface area contributed by atoms with Crippen molar-refractivity contribution in [1.29, 1.82) is 0 Å². The van der Waals surface area contributed by atoms with E-state index in [1.165, 1.54) is 0 Å². The van der Waals surface area contributed by atoms with Gasteiger partial charge in [0.05, 0.1) is 17.8 Å². The Morgan fingerprint density at radius 2 is 1.81 bits per heavy atom. The lowest BCUT2D eigenvalue weighted by Gasteiger charge is -2.09. The van der Waals surface area contributed by atoms with E-state index in [4.69, 9.17) is 4.84 Å². The molecule has 0 unspecified atom stereocenters. The Kier molecular flexibility index (Phi) is 4.80. The quantitative estimate of drug-likeness (QED) is 0.460. The molecular formula is C21H18N4O2. The number of carbonyl (C=O) groups is 1. The van der Waals surface area contributed by atoms with Crippen molar-refractivity contribution >= 4 is 22.6 Å². The van der Waals surface area contributed by atoms with Gasteiger partial charge in [0.1, 0.15) is 0 Å². The molecule has 0 saturated carbocycles. The SMILES string of the molecule is O=C(NOCc1ccccc1)Nc1cccc2c(-c3ccncc3)c[nH]c12. The van der Waals surface area contributed by atoms with Crippen molar-refractivity contribution in [2.24, 2.45) is 0 Å². The lowest BCUT2D eigenvalue weighted by atomic mass is 10.1. The zero-order valence-electron chi connectivity index (χ0n) is 14.5. The normalized spacial score (nSPS) is 10.7. The number of hydrogen-bond donors (Lipinski definition) is 3. The molecular weight excluding hydrogens is 340 g/mol. The fraction of sp³-hybridized carbons (Fsp3) is 0.0476. The summed E-state index contributed by atoms with van der Waals surface area (Å²) in [4.78, 5) is 24.7. The van der Waals surface area contributed by atoms with Gasteiger partial charge in [0.2, 0.25) is 0 Å². The second-order valence-electron chi connectivity index (χ2n) is 6.00. The van der Waals surface area contributed by atoms with Crippen molar-refractivity contribution in [3.8, 4) is 11.1 Å². The highest BCUT2D eigenvalue weighted by Crippen LogP contribution is 2.31. The van der Waals surface area contributed by atoms with Crippen LogP contribution in [0.5, 0.6) is 0 Å². The van der Waals surface area contributed by atoms with Gasteiger partial charge in [-0.3, -0.25) is 9.82 Å². The van der Waals surface area contributed by atoms with Gasteiger partial charge in [-0.15, -0.1) is 0 Å². The van der Waals surface area contributed by atoms with Crippen molar-refractivity contribution in [2.75, 3.05) is 5.32 Å². The number of H-pyrrole nitrogens is 1. The van der Waals surface area contributed by atoms with Crippen LogP contribution in [0.2, 0.25) is 0 Å². The summed E-state index contributed by atoms with van der Waals surface area (Å²) >= 11 is 0. The molecule has 4 aromatic rings. The summed E-state index contributed by atoms with van der Waals surface area (Å²) in [6.45, 7) is 0.299. The van der Waals surface area contributed by atoms with Crippen LogP contribution in [0.25, 0.3) is 22.0 Å². The van der Waals surface area contributed by atoms with Crippen molar-refractivity contribution in [3.63, 3.8) is 0 Å². The minimum absolute atomic E-state index is 0.299. The molecule has 3 N–H and O–H groups in total. The Hall–Kier alpha value is -3.64. The van der Waals surface area contributed by atoms with Crippen LogP contribution >= 0.6 is 0 Å². The first-order chi connectivity index (χ1) is 13.3. The number of hydrogen-bond acceptors (Lipinski definition) is 3. The first kappa shape index (κ1) is 16.8. The molecule has 0 saturated heterocycles. The number of pyridine rings is 1. The molecule has 2 heterocycles. The van der Waals surface area contributed by atoms with Crippen LogP contribution in [-0.4, -0.2) is 16.0 Å². The summed E-state index contributed by atoms with van der Waals surface area (Å²) in [5, 5.41) is 3.84. The van der Waals surface area contributed by atoms with E-state index in [1.807, 2.05) is 66.9 Å². The van der Waals surface area contributed by atoms with E-state index in [2.05, 4.69) is 20.8 Å². The van der Waals surface area contributed by atoms with E-state index in [0.717, 1.165) is 27.6 Å². The van der Waals surface area contributed by atoms with Crippen molar-refractivity contribution in [3.05, 3.63) is 84.8 Å². The van der Waals surface area contributed by atoms with Crippen LogP contribution < -0.4 is 10.8 Å². The summed E-state index contributed by atoms with van der Waals surface area (Å²) < 4.78 is 0. The number of nitrogens with zero attached hydrogens (tertiary/aromatic N) is 1. The molecule has 27 heavy (non-hydrogen) atoms. The fourth-order valence-electron chi connectivity index (χ4n) is 2.94. The Morgan fingerprint density at radius 3 is 2.63 bits per heavy atom.